The molecule has 0 saturated carbocycles. The van der Waals surface area contributed by atoms with E-state index >= 15 is 0 Å². The number of ketones is 1. The normalized spacial score (nSPS) is 13.2. The highest BCUT2D eigenvalue weighted by molar-refractivity contribution is 6.35. The topological polar surface area (TPSA) is 113 Å². The van der Waals surface area contributed by atoms with Gasteiger partial charge in [-0.2, -0.15) is 18.3 Å². The van der Waals surface area contributed by atoms with E-state index in [1.165, 1.54) is 36.4 Å². The van der Waals surface area contributed by atoms with Gasteiger partial charge in [-0.3, -0.25) is 29.0 Å². The van der Waals surface area contributed by atoms with Crippen LogP contribution < -0.4 is 10.7 Å². The van der Waals surface area contributed by atoms with Gasteiger partial charge in [0.1, 0.15) is 12.9 Å². The Morgan fingerprint density at radius 2 is 1.54 bits per heavy atom. The van der Waals surface area contributed by atoms with Gasteiger partial charge in [0.2, 0.25) is 0 Å². The molecular weight excluding hydrogens is 513 g/mol. The molecule has 37 heavy (non-hydrogen) atoms. The number of benzene rings is 3. The maximum Gasteiger partial charge on any atom is 0.416 e. The summed E-state index contributed by atoms with van der Waals surface area (Å²) in [5.41, 5.74) is -1.90. The molecule has 3 amide bonds. The summed E-state index contributed by atoms with van der Waals surface area (Å²) in [6, 6.07) is 13.8. The van der Waals surface area contributed by atoms with Crippen LogP contribution in [0.4, 0.5) is 18.9 Å². The lowest BCUT2D eigenvalue weighted by Crippen LogP contribution is -2.43. The Kier molecular flexibility index (Phi) is 6.82. The molecule has 0 spiro atoms. The van der Waals surface area contributed by atoms with Gasteiger partial charge >= 0.3 is 6.18 Å². The van der Waals surface area contributed by atoms with E-state index in [-0.39, 0.29) is 27.4 Å². The monoisotopic (exact) mass is 528 g/mol. The van der Waals surface area contributed by atoms with E-state index in [1.807, 2.05) is 0 Å². The number of hydrogen-bond acceptors (Lipinski definition) is 6. The van der Waals surface area contributed by atoms with Crippen molar-refractivity contribution in [1.82, 2.24) is 4.90 Å². The second-order valence-corrected chi connectivity index (χ2v) is 8.22. The summed E-state index contributed by atoms with van der Waals surface area (Å²) in [6.45, 7) is -0.793. The first-order valence-electron chi connectivity index (χ1n) is 10.6. The second-order valence-electron chi connectivity index (χ2n) is 7.81. The summed E-state index contributed by atoms with van der Waals surface area (Å²) in [4.78, 5) is 53.4. The van der Waals surface area contributed by atoms with Crippen LogP contribution in [0, 0.1) is 0 Å². The summed E-state index contributed by atoms with van der Waals surface area (Å²) in [5.74, 6) is 1.92. The smallest absolute Gasteiger partial charge is 0.322 e. The molecule has 3 aromatic rings. The second kappa shape index (κ2) is 9.86. The van der Waals surface area contributed by atoms with Crippen molar-refractivity contribution in [2.75, 3.05) is 11.4 Å². The number of hydrogen-bond donors (Lipinski definition) is 1. The van der Waals surface area contributed by atoms with Gasteiger partial charge < -0.3 is 5.84 Å². The maximum atomic E-state index is 13.5. The first-order chi connectivity index (χ1) is 17.5. The van der Waals surface area contributed by atoms with Crippen LogP contribution in [0.25, 0.3) is 0 Å². The summed E-state index contributed by atoms with van der Waals surface area (Å²) >= 11 is 6.09. The highest BCUT2D eigenvalue weighted by atomic mass is 35.5. The van der Waals surface area contributed by atoms with Crippen LogP contribution in [-0.2, 0) is 11.0 Å². The summed E-state index contributed by atoms with van der Waals surface area (Å²) < 4.78 is 40.5. The molecule has 188 valence electrons. The molecule has 0 fully saturated rings. The number of nitrogens with two attached hydrogens (primary N) is 1. The summed E-state index contributed by atoms with van der Waals surface area (Å²) in [5, 5.41) is 3.26. The Balaban J connectivity index is 1.77. The molecule has 0 radical (unpaired) electrons. The molecule has 0 saturated heterocycles. The average molecular weight is 529 g/mol. The molecule has 0 atom stereocenters. The number of carbonyl (C=O) groups excluding carboxylic acids is 4. The minimum absolute atomic E-state index is 0.0211. The predicted molar refractivity (Wildman–Crippen MR) is 128 cm³/mol. The minimum atomic E-state index is -4.80. The number of alkyl halides is 3. The standard InChI is InChI=1S/C25H16ClF3N4O4/c26-19-8-4-3-7-17(19)22(35)18-11-14(25(27,28)29)9-10-20(18)33(13-31-30)21(34)12-32-23(36)15-5-1-2-6-16(15)24(32)37/h1-11,13H,12,30H2. The number of anilines is 1. The first kappa shape index (κ1) is 25.6. The van der Waals surface area contributed by atoms with Crippen LogP contribution in [0.2, 0.25) is 5.02 Å². The Morgan fingerprint density at radius 1 is 0.946 bits per heavy atom. The molecule has 3 aromatic carbocycles. The lowest BCUT2D eigenvalue weighted by atomic mass is 9.98. The van der Waals surface area contributed by atoms with Crippen molar-refractivity contribution in [3.8, 4) is 0 Å². The van der Waals surface area contributed by atoms with Gasteiger partial charge in [0, 0.05) is 11.1 Å². The zero-order valence-corrected chi connectivity index (χ0v) is 19.5. The van der Waals surface area contributed by atoms with Crippen LogP contribution in [-0.4, -0.2) is 41.3 Å². The van der Waals surface area contributed by atoms with Gasteiger partial charge in [0.25, 0.3) is 17.7 Å². The van der Waals surface area contributed by atoms with E-state index in [1.54, 1.807) is 12.1 Å². The SMILES string of the molecule is NN=CN(C(=O)CN1C(=O)c2ccccc2C1=O)c1ccc(C(F)(F)F)cc1C(=O)c1ccccc1Cl. The van der Waals surface area contributed by atoms with E-state index in [0.29, 0.717) is 21.9 Å². The molecule has 12 heteroatoms. The van der Waals surface area contributed by atoms with E-state index in [4.69, 9.17) is 17.4 Å². The lowest BCUT2D eigenvalue weighted by Gasteiger charge is -2.23. The molecule has 1 aliphatic rings. The molecule has 0 aliphatic carbocycles. The number of imide groups is 1. The third-order valence-electron chi connectivity index (χ3n) is 5.57. The largest absolute Gasteiger partial charge is 0.416 e. The first-order valence-corrected chi connectivity index (χ1v) is 10.9. The Morgan fingerprint density at radius 3 is 2.11 bits per heavy atom. The van der Waals surface area contributed by atoms with Gasteiger partial charge in [0.15, 0.2) is 5.78 Å². The predicted octanol–water partition coefficient (Wildman–Crippen LogP) is 4.12. The zero-order chi connectivity index (χ0) is 26.9. The number of hydrazone groups is 1. The molecule has 2 N–H and O–H groups in total. The van der Waals surface area contributed by atoms with Gasteiger partial charge in [-0.15, -0.1) is 0 Å². The van der Waals surface area contributed by atoms with Gasteiger partial charge in [0.05, 0.1) is 27.4 Å². The van der Waals surface area contributed by atoms with Gasteiger partial charge in [-0.05, 0) is 42.5 Å². The quantitative estimate of drug-likeness (QED) is 0.129. The number of nitrogens with zero attached hydrogens (tertiary/aromatic N) is 3. The number of rotatable bonds is 6. The summed E-state index contributed by atoms with van der Waals surface area (Å²) in [6.07, 6.45) is -4.03. The molecule has 0 unspecified atom stereocenters. The van der Waals surface area contributed by atoms with Crippen molar-refractivity contribution in [1.29, 1.82) is 0 Å². The van der Waals surface area contributed by atoms with E-state index in [9.17, 15) is 32.3 Å². The van der Waals surface area contributed by atoms with Crippen LogP contribution >= 0.6 is 11.6 Å². The third kappa shape index (κ3) is 4.81. The maximum absolute atomic E-state index is 13.5. The molecule has 4 rings (SSSR count). The van der Waals surface area contributed by atoms with Crippen molar-refractivity contribution in [2.24, 2.45) is 10.9 Å². The molecule has 8 nitrogen and oxygen atoms in total. The van der Waals surface area contributed by atoms with Crippen LogP contribution in [0.1, 0.15) is 42.2 Å². The molecule has 0 bridgehead atoms. The minimum Gasteiger partial charge on any atom is -0.322 e. The zero-order valence-electron chi connectivity index (χ0n) is 18.7. The number of halogens is 4. The molecular formula is C25H16ClF3N4O4. The van der Waals surface area contributed by atoms with Crippen molar-refractivity contribution in [2.45, 2.75) is 6.18 Å². The van der Waals surface area contributed by atoms with Crippen molar-refractivity contribution >= 4 is 47.1 Å². The highest BCUT2D eigenvalue weighted by Gasteiger charge is 2.38. The number of fused-ring (bicyclic) bond motifs is 1. The Hall–Kier alpha value is -4.51. The van der Waals surface area contributed by atoms with Gasteiger partial charge in [-0.25, -0.2) is 0 Å². The van der Waals surface area contributed by atoms with Crippen LogP contribution in [0.3, 0.4) is 0 Å². The van der Waals surface area contributed by atoms with Crippen molar-refractivity contribution in [3.05, 3.63) is 99.6 Å². The fraction of sp³-hybridized carbons (Fsp3) is 0.0800. The van der Waals surface area contributed by atoms with E-state index in [0.717, 1.165) is 12.4 Å². The summed E-state index contributed by atoms with van der Waals surface area (Å²) in [7, 11) is 0. The molecule has 0 aromatic heterocycles. The van der Waals surface area contributed by atoms with Crippen molar-refractivity contribution < 1.29 is 32.3 Å². The lowest BCUT2D eigenvalue weighted by molar-refractivity contribution is -0.137. The number of carbonyl (C=O) groups is 4. The van der Waals surface area contributed by atoms with E-state index < -0.39 is 47.4 Å². The Bertz CT molecular complexity index is 1440. The fourth-order valence-electron chi connectivity index (χ4n) is 3.82. The Labute approximate surface area is 212 Å². The van der Waals surface area contributed by atoms with Gasteiger partial charge in [-0.1, -0.05) is 35.9 Å². The fourth-order valence-corrected chi connectivity index (χ4v) is 4.04. The molecule has 1 aliphatic heterocycles. The van der Waals surface area contributed by atoms with Crippen LogP contribution in [0.15, 0.2) is 71.8 Å². The molecule has 1 heterocycles. The van der Waals surface area contributed by atoms with Crippen molar-refractivity contribution in [3.63, 3.8) is 0 Å². The van der Waals surface area contributed by atoms with E-state index in [2.05, 4.69) is 5.10 Å². The average Bonchev–Trinajstić information content (AvgIpc) is 3.11. The third-order valence-corrected chi connectivity index (χ3v) is 5.90. The van der Waals surface area contributed by atoms with Crippen LogP contribution in [0.5, 0.6) is 0 Å². The highest BCUT2D eigenvalue weighted by Crippen LogP contribution is 2.35. The number of amides is 3.